The van der Waals surface area contributed by atoms with Crippen LogP contribution >= 0.6 is 0 Å². The minimum absolute atomic E-state index is 0.0827. The first kappa shape index (κ1) is 28.9. The molecule has 2 aromatic rings. The summed E-state index contributed by atoms with van der Waals surface area (Å²) in [6.45, 7) is 2.52. The number of fused-ring (bicyclic) bond motifs is 1. The summed E-state index contributed by atoms with van der Waals surface area (Å²) in [4.78, 5) is 24.5. The van der Waals surface area contributed by atoms with Crippen LogP contribution in [-0.4, -0.2) is 75.8 Å². The highest BCUT2D eigenvalue weighted by Gasteiger charge is 2.44. The number of carboxylic acids is 2. The molecule has 3 heterocycles. The average molecular weight is 528 g/mol. The van der Waals surface area contributed by atoms with Crippen LogP contribution in [0.1, 0.15) is 18.6 Å². The Hall–Kier alpha value is -3.33. The maximum atomic E-state index is 10.6. The summed E-state index contributed by atoms with van der Waals surface area (Å²) in [5.41, 5.74) is 0. The number of carboxylic acid groups (broad SMARTS) is 2. The minimum atomic E-state index is -5.08. The number of pyridine rings is 1. The van der Waals surface area contributed by atoms with E-state index in [1.807, 2.05) is 30.3 Å². The van der Waals surface area contributed by atoms with Crippen LogP contribution in [0.2, 0.25) is 0 Å². The van der Waals surface area contributed by atoms with E-state index in [9.17, 15) is 26.3 Å². The molecule has 2 fully saturated rings. The Labute approximate surface area is 200 Å². The van der Waals surface area contributed by atoms with Crippen molar-refractivity contribution in [1.29, 1.82) is 0 Å². The van der Waals surface area contributed by atoms with Crippen LogP contribution in [-0.2, 0) is 20.9 Å². The normalized spacial score (nSPS) is 21.8. The molecule has 36 heavy (non-hydrogen) atoms. The van der Waals surface area contributed by atoms with E-state index in [1.165, 1.54) is 0 Å². The van der Waals surface area contributed by atoms with Crippen molar-refractivity contribution < 1.29 is 60.0 Å². The second kappa shape index (κ2) is 12.6. The topological polar surface area (TPSA) is 122 Å². The fraction of sp³-hybridized carbons (Fsp3) is 0.476. The number of hydrogen-bond donors (Lipinski definition) is 2. The molecular formula is C21H22F6N2O7. The van der Waals surface area contributed by atoms with Crippen molar-refractivity contribution in [3.8, 4) is 5.88 Å². The van der Waals surface area contributed by atoms with Crippen LogP contribution in [0.3, 0.4) is 0 Å². The monoisotopic (exact) mass is 528 g/mol. The Kier molecular flexibility index (Phi) is 10.1. The van der Waals surface area contributed by atoms with Gasteiger partial charge in [0.15, 0.2) is 0 Å². The lowest BCUT2D eigenvalue weighted by Crippen LogP contribution is -2.51. The first-order chi connectivity index (χ1) is 16.8. The van der Waals surface area contributed by atoms with E-state index in [2.05, 4.69) is 9.88 Å². The zero-order chi connectivity index (χ0) is 26.9. The fourth-order valence-electron chi connectivity index (χ4n) is 3.49. The van der Waals surface area contributed by atoms with Gasteiger partial charge in [0.05, 0.1) is 19.4 Å². The molecule has 15 heteroatoms. The van der Waals surface area contributed by atoms with E-state index in [1.54, 1.807) is 12.5 Å². The number of aromatic nitrogens is 1. The summed E-state index contributed by atoms with van der Waals surface area (Å²) >= 11 is 0. The molecule has 9 nitrogen and oxygen atoms in total. The lowest BCUT2D eigenvalue weighted by molar-refractivity contribution is -0.193. The number of ether oxygens (including phenoxy) is 2. The maximum Gasteiger partial charge on any atom is 0.490 e. The lowest BCUT2D eigenvalue weighted by atomic mass is 10.1. The molecule has 200 valence electrons. The lowest BCUT2D eigenvalue weighted by Gasteiger charge is -2.38. The Morgan fingerprint density at radius 1 is 1.03 bits per heavy atom. The number of rotatable bonds is 4. The van der Waals surface area contributed by atoms with Crippen LogP contribution in [0.15, 0.2) is 47.2 Å². The van der Waals surface area contributed by atoms with Gasteiger partial charge in [-0.3, -0.25) is 4.90 Å². The molecule has 0 bridgehead atoms. The van der Waals surface area contributed by atoms with Gasteiger partial charge in [0.25, 0.3) is 0 Å². The third-order valence-electron chi connectivity index (χ3n) is 4.98. The van der Waals surface area contributed by atoms with Crippen LogP contribution in [0.5, 0.6) is 5.88 Å². The highest BCUT2D eigenvalue weighted by molar-refractivity contribution is 5.73. The third kappa shape index (κ3) is 9.03. The van der Waals surface area contributed by atoms with Gasteiger partial charge >= 0.3 is 24.3 Å². The van der Waals surface area contributed by atoms with Crippen LogP contribution < -0.4 is 4.74 Å². The quantitative estimate of drug-likeness (QED) is 0.572. The molecular weight excluding hydrogens is 506 g/mol. The van der Waals surface area contributed by atoms with Crippen molar-refractivity contribution in [2.45, 2.75) is 50.0 Å². The van der Waals surface area contributed by atoms with E-state index in [0.717, 1.165) is 38.3 Å². The van der Waals surface area contributed by atoms with Crippen molar-refractivity contribution in [3.63, 3.8) is 0 Å². The summed E-state index contributed by atoms with van der Waals surface area (Å²) in [5.74, 6) is -3.82. The SMILES string of the molecule is O=C(O)C(F)(F)F.O=C(O)C(F)(F)F.c1ccc(O[C@H]2CC[C@H]3[C@H]2OCCN3Cc2ccco2)nc1. The Morgan fingerprint density at radius 3 is 2.17 bits per heavy atom. The molecule has 3 atom stereocenters. The van der Waals surface area contributed by atoms with Crippen molar-refractivity contribution in [2.75, 3.05) is 13.2 Å². The summed E-state index contributed by atoms with van der Waals surface area (Å²) in [7, 11) is 0. The molecule has 0 unspecified atom stereocenters. The molecule has 1 saturated carbocycles. The van der Waals surface area contributed by atoms with Crippen molar-refractivity contribution >= 4 is 11.9 Å². The smallest absolute Gasteiger partial charge is 0.475 e. The van der Waals surface area contributed by atoms with E-state index in [-0.39, 0.29) is 12.2 Å². The summed E-state index contributed by atoms with van der Waals surface area (Å²) in [6, 6.07) is 10.1. The zero-order valence-electron chi connectivity index (χ0n) is 18.4. The number of nitrogens with zero attached hydrogens (tertiary/aromatic N) is 2. The number of carbonyl (C=O) groups is 2. The van der Waals surface area contributed by atoms with E-state index in [0.29, 0.717) is 11.9 Å². The largest absolute Gasteiger partial charge is 0.490 e. The standard InChI is InChI=1S/C17H20N2O3.2C2HF3O2/c1-2-8-18-16(5-1)22-15-7-6-14-17(15)21-11-9-19(14)12-13-4-3-10-20-13;2*3-2(4,5)1(6)7/h1-5,8,10,14-15,17H,6-7,9,11-12H2;2*(H,6,7)/t14-,15-,17+;;/m0../s1. The highest BCUT2D eigenvalue weighted by atomic mass is 19.4. The van der Waals surface area contributed by atoms with E-state index < -0.39 is 24.3 Å². The molecule has 0 aromatic carbocycles. The van der Waals surface area contributed by atoms with Crippen molar-refractivity contribution in [3.05, 3.63) is 48.6 Å². The highest BCUT2D eigenvalue weighted by Crippen LogP contribution is 2.33. The van der Waals surface area contributed by atoms with Gasteiger partial charge in [-0.2, -0.15) is 26.3 Å². The molecule has 4 rings (SSSR count). The second-order valence-corrected chi connectivity index (χ2v) is 7.46. The Bertz CT molecular complexity index is 930. The second-order valence-electron chi connectivity index (χ2n) is 7.46. The number of morpholine rings is 1. The van der Waals surface area contributed by atoms with Gasteiger partial charge in [-0.05, 0) is 31.0 Å². The average Bonchev–Trinajstić information content (AvgIpc) is 3.45. The van der Waals surface area contributed by atoms with Gasteiger partial charge in [-0.1, -0.05) is 6.07 Å². The molecule has 0 amide bonds. The van der Waals surface area contributed by atoms with Gasteiger partial charge < -0.3 is 24.1 Å². The van der Waals surface area contributed by atoms with Gasteiger partial charge in [0.1, 0.15) is 18.0 Å². The number of aliphatic carboxylic acids is 2. The number of alkyl halides is 6. The first-order valence-electron chi connectivity index (χ1n) is 10.3. The summed E-state index contributed by atoms with van der Waals surface area (Å²) < 4.78 is 81.0. The van der Waals surface area contributed by atoms with Gasteiger partial charge in [0.2, 0.25) is 5.88 Å². The molecule has 0 radical (unpaired) electrons. The molecule has 1 saturated heterocycles. The predicted molar refractivity (Wildman–Crippen MR) is 108 cm³/mol. The van der Waals surface area contributed by atoms with Crippen LogP contribution in [0, 0.1) is 0 Å². The molecule has 2 aliphatic rings. The van der Waals surface area contributed by atoms with E-state index >= 15 is 0 Å². The Morgan fingerprint density at radius 2 is 1.67 bits per heavy atom. The molecule has 1 aliphatic carbocycles. The van der Waals surface area contributed by atoms with Crippen molar-refractivity contribution in [2.24, 2.45) is 0 Å². The molecule has 1 aliphatic heterocycles. The maximum absolute atomic E-state index is 10.6. The van der Waals surface area contributed by atoms with Gasteiger partial charge in [-0.25, -0.2) is 14.6 Å². The van der Waals surface area contributed by atoms with Crippen LogP contribution in [0.4, 0.5) is 26.3 Å². The summed E-state index contributed by atoms with van der Waals surface area (Å²) in [6.07, 6.45) is -4.39. The Balaban J connectivity index is 0.000000271. The number of halogens is 6. The predicted octanol–water partition coefficient (Wildman–Crippen LogP) is 3.75. The zero-order valence-corrected chi connectivity index (χ0v) is 18.4. The molecule has 2 N–H and O–H groups in total. The number of hydrogen-bond acceptors (Lipinski definition) is 7. The molecule has 0 spiro atoms. The van der Waals surface area contributed by atoms with Gasteiger partial charge in [-0.15, -0.1) is 0 Å². The molecule has 2 aromatic heterocycles. The van der Waals surface area contributed by atoms with Crippen LogP contribution in [0.25, 0.3) is 0 Å². The van der Waals surface area contributed by atoms with E-state index in [4.69, 9.17) is 33.7 Å². The minimum Gasteiger partial charge on any atom is -0.475 e. The first-order valence-corrected chi connectivity index (χ1v) is 10.3. The van der Waals surface area contributed by atoms with Gasteiger partial charge in [0, 0.05) is 24.8 Å². The fourth-order valence-corrected chi connectivity index (χ4v) is 3.49. The van der Waals surface area contributed by atoms with Crippen molar-refractivity contribution in [1.82, 2.24) is 9.88 Å². The number of furan rings is 1. The summed E-state index contributed by atoms with van der Waals surface area (Å²) in [5, 5.41) is 14.2. The third-order valence-corrected chi connectivity index (χ3v) is 4.98.